The van der Waals surface area contributed by atoms with Crippen LogP contribution < -0.4 is 4.84 Å². The number of hydrogen-bond acceptors (Lipinski definition) is 2. The molecule has 5 heteroatoms. The molecule has 0 spiro atoms. The summed E-state index contributed by atoms with van der Waals surface area (Å²) in [7, 11) is 0. The Labute approximate surface area is 85.2 Å². The van der Waals surface area contributed by atoms with E-state index in [9.17, 15) is 13.2 Å². The molecule has 0 aliphatic carbocycles. The van der Waals surface area contributed by atoms with Gasteiger partial charge in [0.25, 0.3) is 0 Å². The monoisotopic (exact) mass is 217 g/mol. The summed E-state index contributed by atoms with van der Waals surface area (Å²) in [5.74, 6) is 0.240. The minimum atomic E-state index is -4.31. The molecule has 1 saturated heterocycles. The van der Waals surface area contributed by atoms with Crippen molar-refractivity contribution in [1.82, 2.24) is 5.06 Å². The highest BCUT2D eigenvalue weighted by Gasteiger charge is 2.30. The maximum atomic E-state index is 12.3. The molecular formula is C10H10F3NO. The van der Waals surface area contributed by atoms with E-state index in [0.29, 0.717) is 0 Å². The van der Waals surface area contributed by atoms with E-state index in [2.05, 4.69) is 0 Å². The summed E-state index contributed by atoms with van der Waals surface area (Å²) >= 11 is 0. The first kappa shape index (κ1) is 10.3. The fraction of sp³-hybridized carbons (Fsp3) is 0.400. The van der Waals surface area contributed by atoms with Crippen LogP contribution in [0.2, 0.25) is 0 Å². The third-order valence-corrected chi connectivity index (χ3v) is 2.21. The zero-order valence-electron chi connectivity index (χ0n) is 7.92. The molecule has 82 valence electrons. The lowest BCUT2D eigenvalue weighted by atomic mass is 10.2. The predicted molar refractivity (Wildman–Crippen MR) is 48.3 cm³/mol. The average Bonchev–Trinajstić information content (AvgIpc) is 2.11. The standard InChI is InChI=1S/C10H10F3NO/c11-10(12,13)8-3-1-4-9(7-8)15-14-5-2-6-14/h1,3-4,7H,2,5-6H2. The van der Waals surface area contributed by atoms with Gasteiger partial charge in [-0.25, -0.2) is 0 Å². The molecule has 15 heavy (non-hydrogen) atoms. The Morgan fingerprint density at radius 3 is 2.47 bits per heavy atom. The van der Waals surface area contributed by atoms with Crippen LogP contribution in [0.4, 0.5) is 13.2 Å². The Balaban J connectivity index is 2.11. The molecule has 0 N–H and O–H groups in total. The van der Waals surface area contributed by atoms with Gasteiger partial charge in [-0.2, -0.15) is 13.2 Å². The Morgan fingerprint density at radius 2 is 1.93 bits per heavy atom. The Kier molecular flexibility index (Phi) is 2.56. The Bertz CT molecular complexity index is 347. The highest BCUT2D eigenvalue weighted by Crippen LogP contribution is 2.31. The molecule has 2 rings (SSSR count). The minimum Gasteiger partial charge on any atom is -0.406 e. The van der Waals surface area contributed by atoms with Gasteiger partial charge in [0.1, 0.15) is 5.75 Å². The van der Waals surface area contributed by atoms with Crippen molar-refractivity contribution in [3.05, 3.63) is 29.8 Å². The van der Waals surface area contributed by atoms with Crippen LogP contribution in [-0.2, 0) is 6.18 Å². The smallest absolute Gasteiger partial charge is 0.406 e. The maximum absolute atomic E-state index is 12.3. The lowest BCUT2D eigenvalue weighted by Crippen LogP contribution is -2.39. The van der Waals surface area contributed by atoms with Gasteiger partial charge in [0.15, 0.2) is 0 Å². The van der Waals surface area contributed by atoms with Gasteiger partial charge in [-0.3, -0.25) is 0 Å². The van der Waals surface area contributed by atoms with Crippen LogP contribution in [-0.4, -0.2) is 18.2 Å². The van der Waals surface area contributed by atoms with Gasteiger partial charge in [0.2, 0.25) is 0 Å². The molecule has 1 fully saturated rings. The van der Waals surface area contributed by atoms with E-state index >= 15 is 0 Å². The molecule has 2 nitrogen and oxygen atoms in total. The van der Waals surface area contributed by atoms with Crippen LogP contribution in [0.5, 0.6) is 5.75 Å². The molecule has 1 aliphatic rings. The van der Waals surface area contributed by atoms with Crippen LogP contribution in [0.15, 0.2) is 24.3 Å². The summed E-state index contributed by atoms with van der Waals surface area (Å²) in [5, 5.41) is 1.63. The second-order valence-corrected chi connectivity index (χ2v) is 3.40. The van der Waals surface area contributed by atoms with Gasteiger partial charge in [-0.15, -0.1) is 5.06 Å². The summed E-state index contributed by atoms with van der Waals surface area (Å²) in [6.45, 7) is 1.55. The highest BCUT2D eigenvalue weighted by atomic mass is 19.4. The third kappa shape index (κ3) is 2.41. The molecule has 0 radical (unpaired) electrons. The number of halogens is 3. The van der Waals surface area contributed by atoms with E-state index < -0.39 is 11.7 Å². The summed E-state index contributed by atoms with van der Waals surface area (Å²) < 4.78 is 37.0. The van der Waals surface area contributed by atoms with Crippen molar-refractivity contribution < 1.29 is 18.0 Å². The van der Waals surface area contributed by atoms with Crippen LogP contribution >= 0.6 is 0 Å². The quantitative estimate of drug-likeness (QED) is 0.755. The van der Waals surface area contributed by atoms with Crippen molar-refractivity contribution in [2.45, 2.75) is 12.6 Å². The predicted octanol–water partition coefficient (Wildman–Crippen LogP) is 2.70. The Hall–Kier alpha value is -1.23. The van der Waals surface area contributed by atoms with E-state index in [1.165, 1.54) is 12.1 Å². The first-order valence-corrected chi connectivity index (χ1v) is 4.66. The van der Waals surface area contributed by atoms with Crippen molar-refractivity contribution in [2.24, 2.45) is 0 Å². The number of hydroxylamine groups is 2. The molecule has 0 unspecified atom stereocenters. The van der Waals surface area contributed by atoms with Crippen molar-refractivity contribution >= 4 is 0 Å². The number of alkyl halides is 3. The average molecular weight is 217 g/mol. The molecular weight excluding hydrogens is 207 g/mol. The van der Waals surface area contributed by atoms with Gasteiger partial charge in [-0.05, 0) is 24.6 Å². The zero-order chi connectivity index (χ0) is 10.9. The molecule has 1 heterocycles. The zero-order valence-corrected chi connectivity index (χ0v) is 7.92. The van der Waals surface area contributed by atoms with Gasteiger partial charge in [0.05, 0.1) is 5.56 Å². The lowest BCUT2D eigenvalue weighted by molar-refractivity contribution is -0.138. The molecule has 0 aromatic heterocycles. The van der Waals surface area contributed by atoms with Crippen LogP contribution in [0.25, 0.3) is 0 Å². The van der Waals surface area contributed by atoms with E-state index in [0.717, 1.165) is 31.6 Å². The number of nitrogens with zero attached hydrogens (tertiary/aromatic N) is 1. The number of benzene rings is 1. The van der Waals surface area contributed by atoms with Crippen molar-refractivity contribution in [2.75, 3.05) is 13.1 Å². The van der Waals surface area contributed by atoms with E-state index in [1.54, 1.807) is 5.06 Å². The molecule has 1 aliphatic heterocycles. The molecule has 1 aromatic carbocycles. The van der Waals surface area contributed by atoms with Crippen LogP contribution in [0, 0.1) is 0 Å². The molecule has 0 atom stereocenters. The maximum Gasteiger partial charge on any atom is 0.416 e. The summed E-state index contributed by atoms with van der Waals surface area (Å²) in [4.78, 5) is 5.22. The van der Waals surface area contributed by atoms with Crippen molar-refractivity contribution in [1.29, 1.82) is 0 Å². The normalized spacial score (nSPS) is 17.3. The SMILES string of the molecule is FC(F)(F)c1cccc(ON2CCC2)c1. The topological polar surface area (TPSA) is 12.5 Å². The van der Waals surface area contributed by atoms with Crippen molar-refractivity contribution in [3.8, 4) is 5.75 Å². The third-order valence-electron chi connectivity index (χ3n) is 2.21. The van der Waals surface area contributed by atoms with E-state index in [4.69, 9.17) is 4.84 Å². The van der Waals surface area contributed by atoms with Gasteiger partial charge in [0, 0.05) is 13.1 Å². The van der Waals surface area contributed by atoms with Crippen LogP contribution in [0.3, 0.4) is 0 Å². The first-order valence-electron chi connectivity index (χ1n) is 4.66. The number of hydrogen-bond donors (Lipinski definition) is 0. The van der Waals surface area contributed by atoms with Gasteiger partial charge >= 0.3 is 6.18 Å². The van der Waals surface area contributed by atoms with Crippen molar-refractivity contribution in [3.63, 3.8) is 0 Å². The summed E-state index contributed by atoms with van der Waals surface area (Å²) in [6, 6.07) is 4.91. The second-order valence-electron chi connectivity index (χ2n) is 3.40. The second kappa shape index (κ2) is 3.73. The molecule has 0 amide bonds. The molecule has 1 aromatic rings. The van der Waals surface area contributed by atoms with Crippen LogP contribution in [0.1, 0.15) is 12.0 Å². The summed E-state index contributed by atoms with van der Waals surface area (Å²) in [5.41, 5.74) is -0.680. The fourth-order valence-corrected chi connectivity index (χ4v) is 1.26. The van der Waals surface area contributed by atoms with E-state index in [1.807, 2.05) is 0 Å². The first-order chi connectivity index (χ1) is 7.05. The largest absolute Gasteiger partial charge is 0.416 e. The fourth-order valence-electron chi connectivity index (χ4n) is 1.26. The van der Waals surface area contributed by atoms with E-state index in [-0.39, 0.29) is 5.75 Å². The minimum absolute atomic E-state index is 0.240. The van der Waals surface area contributed by atoms with Gasteiger partial charge in [-0.1, -0.05) is 6.07 Å². The van der Waals surface area contributed by atoms with Gasteiger partial charge < -0.3 is 4.84 Å². The molecule has 0 saturated carbocycles. The highest BCUT2D eigenvalue weighted by molar-refractivity contribution is 5.30. The Morgan fingerprint density at radius 1 is 1.20 bits per heavy atom. The summed E-state index contributed by atoms with van der Waals surface area (Å²) in [6.07, 6.45) is -3.28. The molecule has 0 bridgehead atoms. The lowest BCUT2D eigenvalue weighted by Gasteiger charge is -2.29. The number of rotatable bonds is 2.